The molecule has 1 heterocycles. The monoisotopic (exact) mass is 289 g/mol. The minimum Gasteiger partial charge on any atom is -0.396 e. The fraction of sp³-hybridized carbons (Fsp3) is 0.533. The second-order valence-electron chi connectivity index (χ2n) is 5.60. The summed E-state index contributed by atoms with van der Waals surface area (Å²) in [6.45, 7) is 6.66. The van der Waals surface area contributed by atoms with Crippen LogP contribution in [0.2, 0.25) is 0 Å². The number of aliphatic hydroxyl groups excluding tert-OH is 1. The Labute approximate surface area is 125 Å². The van der Waals surface area contributed by atoms with Crippen LogP contribution < -0.4 is 5.32 Å². The third-order valence-corrected chi connectivity index (χ3v) is 3.69. The topological polar surface area (TPSA) is 75.9 Å². The molecule has 0 bridgehead atoms. The summed E-state index contributed by atoms with van der Waals surface area (Å²) < 4.78 is 1.64. The third-order valence-electron chi connectivity index (χ3n) is 3.69. The van der Waals surface area contributed by atoms with Gasteiger partial charge in [0.25, 0.3) is 0 Å². The van der Waals surface area contributed by atoms with E-state index in [1.54, 1.807) is 11.0 Å². The maximum atomic E-state index is 9.17. The highest BCUT2D eigenvalue weighted by atomic mass is 16.3. The van der Waals surface area contributed by atoms with Crippen molar-refractivity contribution in [2.45, 2.75) is 39.3 Å². The highest BCUT2D eigenvalue weighted by Gasteiger charge is 2.16. The normalized spacial score (nSPS) is 14.3. The zero-order valence-corrected chi connectivity index (χ0v) is 12.8. The molecule has 0 saturated heterocycles. The van der Waals surface area contributed by atoms with Crippen molar-refractivity contribution in [3.63, 3.8) is 0 Å². The number of nitrogens with one attached hydrogen (secondary N) is 1. The molecule has 21 heavy (non-hydrogen) atoms. The van der Waals surface area contributed by atoms with E-state index in [0.717, 1.165) is 12.1 Å². The minimum absolute atomic E-state index is 0.195. The van der Waals surface area contributed by atoms with Gasteiger partial charge in [-0.3, -0.25) is 0 Å². The predicted molar refractivity (Wildman–Crippen MR) is 81.0 cm³/mol. The number of nitrogens with zero attached hydrogens (tertiary/aromatic N) is 4. The fourth-order valence-electron chi connectivity index (χ4n) is 2.38. The predicted octanol–water partition coefficient (Wildman–Crippen LogP) is 1.72. The molecular formula is C15H23N5O. The molecule has 0 saturated carbocycles. The first kappa shape index (κ1) is 15.6. The van der Waals surface area contributed by atoms with Crippen LogP contribution in [-0.4, -0.2) is 38.0 Å². The van der Waals surface area contributed by atoms with Gasteiger partial charge < -0.3 is 10.4 Å². The largest absolute Gasteiger partial charge is 0.396 e. The van der Waals surface area contributed by atoms with E-state index in [9.17, 15) is 5.11 Å². The summed E-state index contributed by atoms with van der Waals surface area (Å²) in [4.78, 5) is 0. The van der Waals surface area contributed by atoms with E-state index in [1.807, 2.05) is 12.1 Å². The lowest BCUT2D eigenvalue weighted by atomic mass is 9.98. The summed E-state index contributed by atoms with van der Waals surface area (Å²) in [5.41, 5.74) is 2.11. The van der Waals surface area contributed by atoms with Crippen LogP contribution in [0.25, 0.3) is 5.69 Å². The van der Waals surface area contributed by atoms with E-state index in [-0.39, 0.29) is 12.6 Å². The standard InChI is InChI=1S/C15H23N5O/c1-11(2)15(7-8-21)17-12(3)13-5-4-6-14(9-13)20-10-16-18-19-20/h4-6,9-12,15,17,21H,7-8H2,1-3H3. The van der Waals surface area contributed by atoms with Gasteiger partial charge in [0.1, 0.15) is 6.33 Å². The molecule has 114 valence electrons. The molecule has 1 aromatic heterocycles. The highest BCUT2D eigenvalue weighted by Crippen LogP contribution is 2.19. The number of aromatic nitrogens is 4. The van der Waals surface area contributed by atoms with E-state index < -0.39 is 0 Å². The molecule has 6 nitrogen and oxygen atoms in total. The molecule has 6 heteroatoms. The van der Waals surface area contributed by atoms with Crippen molar-refractivity contribution >= 4 is 0 Å². The van der Waals surface area contributed by atoms with Gasteiger partial charge in [-0.1, -0.05) is 26.0 Å². The summed E-state index contributed by atoms with van der Waals surface area (Å²) in [6, 6.07) is 8.62. The summed E-state index contributed by atoms with van der Waals surface area (Å²) >= 11 is 0. The molecular weight excluding hydrogens is 266 g/mol. The SMILES string of the molecule is CC(NC(CCO)C(C)C)c1cccc(-n2cnnn2)c1. The molecule has 0 aliphatic carbocycles. The number of hydrogen-bond acceptors (Lipinski definition) is 5. The Kier molecular flexibility index (Phi) is 5.41. The average Bonchev–Trinajstić information content (AvgIpc) is 3.01. The van der Waals surface area contributed by atoms with Crippen LogP contribution in [0.4, 0.5) is 0 Å². The zero-order valence-electron chi connectivity index (χ0n) is 12.8. The molecule has 0 aliphatic rings. The Morgan fingerprint density at radius 2 is 2.10 bits per heavy atom. The lowest BCUT2D eigenvalue weighted by molar-refractivity contribution is 0.237. The maximum Gasteiger partial charge on any atom is 0.143 e. The van der Waals surface area contributed by atoms with Crippen LogP contribution in [0, 0.1) is 5.92 Å². The Hall–Kier alpha value is -1.79. The molecule has 2 N–H and O–H groups in total. The summed E-state index contributed by atoms with van der Waals surface area (Å²) in [7, 11) is 0. The molecule has 0 spiro atoms. The van der Waals surface area contributed by atoms with Crippen LogP contribution >= 0.6 is 0 Å². The molecule has 2 atom stereocenters. The first-order valence-electron chi connectivity index (χ1n) is 7.32. The molecule has 0 fully saturated rings. The molecule has 0 amide bonds. The number of tetrazole rings is 1. The van der Waals surface area contributed by atoms with Crippen molar-refractivity contribution in [1.29, 1.82) is 0 Å². The zero-order chi connectivity index (χ0) is 15.2. The van der Waals surface area contributed by atoms with Crippen LogP contribution in [-0.2, 0) is 0 Å². The van der Waals surface area contributed by atoms with E-state index >= 15 is 0 Å². The highest BCUT2D eigenvalue weighted by molar-refractivity contribution is 5.35. The summed E-state index contributed by atoms with van der Waals surface area (Å²) in [5.74, 6) is 0.474. The van der Waals surface area contributed by atoms with Crippen molar-refractivity contribution < 1.29 is 5.11 Å². The van der Waals surface area contributed by atoms with Gasteiger partial charge in [-0.05, 0) is 47.4 Å². The maximum absolute atomic E-state index is 9.17. The van der Waals surface area contributed by atoms with Gasteiger partial charge in [0.2, 0.25) is 0 Å². The average molecular weight is 289 g/mol. The number of aliphatic hydroxyl groups is 1. The van der Waals surface area contributed by atoms with Crippen molar-refractivity contribution in [1.82, 2.24) is 25.5 Å². The first-order valence-corrected chi connectivity index (χ1v) is 7.32. The van der Waals surface area contributed by atoms with Crippen LogP contribution in [0.1, 0.15) is 38.8 Å². The molecule has 2 aromatic rings. The van der Waals surface area contributed by atoms with Crippen LogP contribution in [0.15, 0.2) is 30.6 Å². The Morgan fingerprint density at radius 3 is 2.71 bits per heavy atom. The fourth-order valence-corrected chi connectivity index (χ4v) is 2.38. The Morgan fingerprint density at radius 1 is 1.29 bits per heavy atom. The molecule has 2 unspecified atom stereocenters. The second-order valence-corrected chi connectivity index (χ2v) is 5.60. The van der Waals surface area contributed by atoms with E-state index in [0.29, 0.717) is 12.0 Å². The van der Waals surface area contributed by atoms with E-state index in [2.05, 4.69) is 53.7 Å². The lowest BCUT2D eigenvalue weighted by Gasteiger charge is -2.26. The Bertz CT molecular complexity index is 541. The van der Waals surface area contributed by atoms with Crippen molar-refractivity contribution in [3.8, 4) is 5.69 Å². The Balaban J connectivity index is 2.12. The van der Waals surface area contributed by atoms with Gasteiger partial charge in [0.15, 0.2) is 0 Å². The molecule has 2 rings (SSSR count). The number of rotatable bonds is 7. The van der Waals surface area contributed by atoms with Gasteiger partial charge in [0, 0.05) is 18.7 Å². The summed E-state index contributed by atoms with van der Waals surface area (Å²) in [6.07, 6.45) is 2.34. The molecule has 0 radical (unpaired) electrons. The number of hydrogen-bond donors (Lipinski definition) is 2. The van der Waals surface area contributed by atoms with Crippen molar-refractivity contribution in [2.75, 3.05) is 6.61 Å². The van der Waals surface area contributed by atoms with Gasteiger partial charge in [-0.25, -0.2) is 4.68 Å². The minimum atomic E-state index is 0.195. The van der Waals surface area contributed by atoms with Crippen molar-refractivity contribution in [2.24, 2.45) is 5.92 Å². The smallest absolute Gasteiger partial charge is 0.143 e. The van der Waals surface area contributed by atoms with E-state index in [1.165, 1.54) is 5.56 Å². The number of benzene rings is 1. The van der Waals surface area contributed by atoms with Gasteiger partial charge in [0.05, 0.1) is 5.69 Å². The first-order chi connectivity index (χ1) is 10.1. The molecule has 1 aromatic carbocycles. The quantitative estimate of drug-likeness (QED) is 0.811. The second kappa shape index (κ2) is 7.28. The van der Waals surface area contributed by atoms with Gasteiger partial charge >= 0.3 is 0 Å². The third kappa shape index (κ3) is 4.09. The van der Waals surface area contributed by atoms with Gasteiger partial charge in [-0.15, -0.1) is 5.10 Å². The van der Waals surface area contributed by atoms with Crippen LogP contribution in [0.5, 0.6) is 0 Å². The molecule has 0 aliphatic heterocycles. The van der Waals surface area contributed by atoms with Crippen LogP contribution in [0.3, 0.4) is 0 Å². The lowest BCUT2D eigenvalue weighted by Crippen LogP contribution is -2.36. The van der Waals surface area contributed by atoms with Crippen molar-refractivity contribution in [3.05, 3.63) is 36.2 Å². The van der Waals surface area contributed by atoms with Gasteiger partial charge in [-0.2, -0.15) is 0 Å². The van der Waals surface area contributed by atoms with E-state index in [4.69, 9.17) is 0 Å². The summed E-state index contributed by atoms with van der Waals surface area (Å²) in [5, 5.41) is 24.0.